The van der Waals surface area contributed by atoms with Gasteiger partial charge in [0.1, 0.15) is 0 Å². The average molecular weight is 296 g/mol. The van der Waals surface area contributed by atoms with Gasteiger partial charge in [-0.3, -0.25) is 4.79 Å². The minimum atomic E-state index is -0.179. The second-order valence-electron chi connectivity index (χ2n) is 4.14. The van der Waals surface area contributed by atoms with E-state index in [1.54, 1.807) is 29.5 Å². The molecule has 19 heavy (non-hydrogen) atoms. The van der Waals surface area contributed by atoms with Gasteiger partial charge in [0.2, 0.25) is 0 Å². The summed E-state index contributed by atoms with van der Waals surface area (Å²) in [4.78, 5) is 16.2. The minimum absolute atomic E-state index is 0.179. The molecule has 4 nitrogen and oxygen atoms in total. The van der Waals surface area contributed by atoms with Gasteiger partial charge in [-0.15, -0.1) is 11.3 Å². The van der Waals surface area contributed by atoms with Crippen molar-refractivity contribution >= 4 is 34.5 Å². The zero-order valence-corrected chi connectivity index (χ0v) is 12.0. The highest BCUT2D eigenvalue weighted by atomic mass is 35.5. The number of carbonyl (C=O) groups excluding carboxylic acids is 1. The fourth-order valence-corrected chi connectivity index (χ4v) is 2.56. The number of aryl methyl sites for hydroxylation is 1. The van der Waals surface area contributed by atoms with Crippen molar-refractivity contribution in [3.05, 3.63) is 44.9 Å². The Kier molecular flexibility index (Phi) is 4.39. The van der Waals surface area contributed by atoms with Crippen molar-refractivity contribution in [2.24, 2.45) is 0 Å². The minimum Gasteiger partial charge on any atom is -0.399 e. The van der Waals surface area contributed by atoms with Gasteiger partial charge >= 0.3 is 0 Å². The van der Waals surface area contributed by atoms with Crippen LogP contribution in [0.5, 0.6) is 0 Å². The van der Waals surface area contributed by atoms with Gasteiger partial charge in [0.15, 0.2) is 0 Å². The second-order valence-corrected chi connectivity index (χ2v) is 5.64. The molecule has 0 unspecified atom stereocenters. The number of nitrogens with one attached hydrogen (secondary N) is 1. The molecule has 0 spiro atoms. The van der Waals surface area contributed by atoms with E-state index in [1.165, 1.54) is 0 Å². The number of rotatable bonds is 4. The van der Waals surface area contributed by atoms with Crippen LogP contribution >= 0.6 is 22.9 Å². The Labute approximate surface area is 120 Å². The molecule has 0 fully saturated rings. The van der Waals surface area contributed by atoms with Crippen LogP contribution in [0.2, 0.25) is 5.02 Å². The van der Waals surface area contributed by atoms with Crippen LogP contribution in [0, 0.1) is 6.92 Å². The van der Waals surface area contributed by atoms with E-state index in [4.69, 9.17) is 17.3 Å². The van der Waals surface area contributed by atoms with E-state index in [9.17, 15) is 4.79 Å². The maximum absolute atomic E-state index is 11.9. The molecule has 1 heterocycles. The Balaban J connectivity index is 1.90. The number of anilines is 1. The van der Waals surface area contributed by atoms with Crippen LogP contribution in [-0.2, 0) is 6.42 Å². The molecule has 0 aliphatic heterocycles. The first-order valence-corrected chi connectivity index (χ1v) is 7.05. The van der Waals surface area contributed by atoms with Crippen molar-refractivity contribution in [3.8, 4) is 0 Å². The summed E-state index contributed by atoms with van der Waals surface area (Å²) >= 11 is 7.46. The molecule has 1 aromatic carbocycles. The lowest BCUT2D eigenvalue weighted by Gasteiger charge is -2.05. The number of nitrogen functional groups attached to an aromatic ring is 1. The van der Waals surface area contributed by atoms with Crippen molar-refractivity contribution < 1.29 is 4.79 Å². The van der Waals surface area contributed by atoms with E-state index in [2.05, 4.69) is 10.3 Å². The highest BCUT2D eigenvalue weighted by Gasteiger charge is 2.07. The number of carbonyl (C=O) groups is 1. The lowest BCUT2D eigenvalue weighted by Crippen LogP contribution is -2.25. The van der Waals surface area contributed by atoms with Gasteiger partial charge in [0, 0.05) is 34.6 Å². The Hall–Kier alpha value is -1.59. The van der Waals surface area contributed by atoms with Crippen LogP contribution < -0.4 is 11.1 Å². The number of thiazole rings is 1. The summed E-state index contributed by atoms with van der Waals surface area (Å²) in [7, 11) is 0. The zero-order chi connectivity index (χ0) is 13.8. The van der Waals surface area contributed by atoms with E-state index in [0.717, 1.165) is 10.7 Å². The number of benzene rings is 1. The number of nitrogens with two attached hydrogens (primary N) is 1. The maximum atomic E-state index is 11.9. The van der Waals surface area contributed by atoms with Crippen LogP contribution in [0.25, 0.3) is 0 Å². The molecule has 0 atom stereocenters. The third-order valence-electron chi connectivity index (χ3n) is 2.52. The van der Waals surface area contributed by atoms with E-state index < -0.39 is 0 Å². The Bertz CT molecular complexity index is 577. The van der Waals surface area contributed by atoms with E-state index in [-0.39, 0.29) is 5.91 Å². The monoisotopic (exact) mass is 295 g/mol. The molecular formula is C13H14ClN3OS. The largest absolute Gasteiger partial charge is 0.399 e. The molecule has 2 aromatic rings. The smallest absolute Gasteiger partial charge is 0.251 e. The van der Waals surface area contributed by atoms with Gasteiger partial charge in [-0.05, 0) is 25.1 Å². The number of nitrogens with zero attached hydrogens (tertiary/aromatic N) is 1. The normalized spacial score (nSPS) is 10.4. The SMILES string of the molecule is Cc1nc(CCNC(=O)c2cc(N)cc(Cl)c2)cs1. The first-order valence-electron chi connectivity index (χ1n) is 5.80. The molecule has 0 aliphatic rings. The standard InChI is InChI=1S/C13H14ClN3OS/c1-8-17-12(7-19-8)2-3-16-13(18)9-4-10(14)6-11(15)5-9/h4-7H,2-3,15H2,1H3,(H,16,18). The molecule has 1 aromatic heterocycles. The summed E-state index contributed by atoms with van der Waals surface area (Å²) in [5.74, 6) is -0.179. The van der Waals surface area contributed by atoms with Crippen LogP contribution in [-0.4, -0.2) is 17.4 Å². The van der Waals surface area contributed by atoms with Gasteiger partial charge in [0.25, 0.3) is 5.91 Å². The van der Waals surface area contributed by atoms with Crippen LogP contribution in [0.15, 0.2) is 23.6 Å². The lowest BCUT2D eigenvalue weighted by molar-refractivity contribution is 0.0954. The first kappa shape index (κ1) is 13.8. The van der Waals surface area contributed by atoms with Gasteiger partial charge < -0.3 is 11.1 Å². The van der Waals surface area contributed by atoms with Crippen LogP contribution in [0.4, 0.5) is 5.69 Å². The number of aromatic nitrogens is 1. The fourth-order valence-electron chi connectivity index (χ4n) is 1.67. The number of hydrogen-bond donors (Lipinski definition) is 2. The highest BCUT2D eigenvalue weighted by Crippen LogP contribution is 2.16. The fraction of sp³-hybridized carbons (Fsp3) is 0.231. The summed E-state index contributed by atoms with van der Waals surface area (Å²) in [5, 5.41) is 6.31. The summed E-state index contributed by atoms with van der Waals surface area (Å²) < 4.78 is 0. The van der Waals surface area contributed by atoms with Crippen molar-refractivity contribution in [2.75, 3.05) is 12.3 Å². The van der Waals surface area contributed by atoms with Crippen LogP contribution in [0.1, 0.15) is 21.1 Å². The molecule has 0 bridgehead atoms. The predicted octanol–water partition coefficient (Wildman–Crippen LogP) is 2.66. The summed E-state index contributed by atoms with van der Waals surface area (Å²) in [6.45, 7) is 2.50. The molecule has 2 rings (SSSR count). The molecule has 100 valence electrons. The molecule has 0 saturated heterocycles. The van der Waals surface area contributed by atoms with Gasteiger partial charge in [-0.2, -0.15) is 0 Å². The van der Waals surface area contributed by atoms with E-state index in [1.807, 2.05) is 12.3 Å². The van der Waals surface area contributed by atoms with Crippen molar-refractivity contribution in [2.45, 2.75) is 13.3 Å². The van der Waals surface area contributed by atoms with Crippen LogP contribution in [0.3, 0.4) is 0 Å². The predicted molar refractivity (Wildman–Crippen MR) is 78.8 cm³/mol. The Morgan fingerprint density at radius 1 is 1.47 bits per heavy atom. The Morgan fingerprint density at radius 2 is 2.26 bits per heavy atom. The molecule has 0 aliphatic carbocycles. The van der Waals surface area contributed by atoms with Gasteiger partial charge in [-0.25, -0.2) is 4.98 Å². The number of halogens is 1. The first-order chi connectivity index (χ1) is 9.04. The zero-order valence-electron chi connectivity index (χ0n) is 10.4. The third kappa shape index (κ3) is 3.94. The van der Waals surface area contributed by atoms with Crippen molar-refractivity contribution in [3.63, 3.8) is 0 Å². The topological polar surface area (TPSA) is 68.0 Å². The molecule has 1 amide bonds. The second kappa shape index (κ2) is 6.04. The summed E-state index contributed by atoms with van der Waals surface area (Å²) in [6.07, 6.45) is 0.714. The molecule has 6 heteroatoms. The molecule has 0 saturated carbocycles. The average Bonchev–Trinajstić information content (AvgIpc) is 2.73. The van der Waals surface area contributed by atoms with Crippen molar-refractivity contribution in [1.29, 1.82) is 0 Å². The molecule has 3 N–H and O–H groups in total. The Morgan fingerprint density at radius 3 is 2.89 bits per heavy atom. The quantitative estimate of drug-likeness (QED) is 0.852. The summed E-state index contributed by atoms with van der Waals surface area (Å²) in [6, 6.07) is 4.81. The number of amides is 1. The number of hydrogen-bond acceptors (Lipinski definition) is 4. The molecular weight excluding hydrogens is 282 g/mol. The lowest BCUT2D eigenvalue weighted by atomic mass is 10.2. The van der Waals surface area contributed by atoms with E-state index >= 15 is 0 Å². The summed E-state index contributed by atoms with van der Waals surface area (Å²) in [5.41, 5.74) is 7.59. The molecule has 0 radical (unpaired) electrons. The maximum Gasteiger partial charge on any atom is 0.251 e. The third-order valence-corrected chi connectivity index (χ3v) is 3.56. The van der Waals surface area contributed by atoms with Gasteiger partial charge in [0.05, 0.1) is 10.7 Å². The van der Waals surface area contributed by atoms with E-state index in [0.29, 0.717) is 29.2 Å². The van der Waals surface area contributed by atoms with Gasteiger partial charge in [-0.1, -0.05) is 11.6 Å². The highest BCUT2D eigenvalue weighted by molar-refractivity contribution is 7.09. The van der Waals surface area contributed by atoms with Crippen molar-refractivity contribution in [1.82, 2.24) is 10.3 Å².